The minimum Gasteiger partial charge on any atom is -0.508 e. The highest BCUT2D eigenvalue weighted by Gasteiger charge is 2.32. The van der Waals surface area contributed by atoms with Crippen LogP contribution in [-0.2, 0) is 0 Å². The van der Waals surface area contributed by atoms with E-state index >= 15 is 0 Å². The van der Waals surface area contributed by atoms with Gasteiger partial charge in [0.15, 0.2) is 0 Å². The highest BCUT2D eigenvalue weighted by atomic mass is 16.3. The lowest BCUT2D eigenvalue weighted by atomic mass is 10.2. The number of nitrogens with two attached hydrogens (primary N) is 1. The van der Waals surface area contributed by atoms with Crippen LogP contribution in [0, 0.1) is 0 Å². The molecule has 0 heterocycles. The molecule has 4 nitrogen and oxygen atoms in total. The van der Waals surface area contributed by atoms with Crippen molar-refractivity contribution < 1.29 is 9.90 Å². The summed E-state index contributed by atoms with van der Waals surface area (Å²) in [6.45, 7) is 1.33. The molecule has 1 aliphatic rings. The van der Waals surface area contributed by atoms with Gasteiger partial charge in [-0.05, 0) is 50.1 Å². The Morgan fingerprint density at radius 3 is 2.53 bits per heavy atom. The number of nitrogens with zero attached hydrogens (tertiary/aromatic N) is 1. The topological polar surface area (TPSA) is 66.6 Å². The molecule has 2 rings (SSSR count). The van der Waals surface area contributed by atoms with Gasteiger partial charge in [0.05, 0.1) is 0 Å². The summed E-state index contributed by atoms with van der Waals surface area (Å²) in [7, 11) is 0. The predicted octanol–water partition coefficient (Wildman–Crippen LogP) is 1.35. The number of phenols is 1. The maximum absolute atomic E-state index is 12.2. The Bertz CT molecular complexity index is 385. The van der Waals surface area contributed by atoms with Gasteiger partial charge in [-0.25, -0.2) is 0 Å². The van der Waals surface area contributed by atoms with E-state index in [1.165, 1.54) is 0 Å². The zero-order chi connectivity index (χ0) is 12.3. The number of hydrogen-bond acceptors (Lipinski definition) is 3. The second-order valence-electron chi connectivity index (χ2n) is 4.42. The van der Waals surface area contributed by atoms with E-state index in [1.807, 2.05) is 4.90 Å². The Kier molecular flexibility index (Phi) is 3.64. The van der Waals surface area contributed by atoms with E-state index in [1.54, 1.807) is 24.3 Å². The molecule has 0 saturated heterocycles. The lowest BCUT2D eigenvalue weighted by Crippen LogP contribution is -2.34. The first-order valence-corrected chi connectivity index (χ1v) is 6.02. The molecule has 0 aromatic heterocycles. The summed E-state index contributed by atoms with van der Waals surface area (Å²) in [5.74, 6) is 0.224. The maximum Gasteiger partial charge on any atom is 0.254 e. The van der Waals surface area contributed by atoms with Crippen LogP contribution in [0.4, 0.5) is 0 Å². The number of rotatable bonds is 5. The van der Waals surface area contributed by atoms with Crippen molar-refractivity contribution in [2.45, 2.75) is 25.3 Å². The first-order chi connectivity index (χ1) is 8.22. The molecule has 0 spiro atoms. The third-order valence-electron chi connectivity index (χ3n) is 2.97. The lowest BCUT2D eigenvalue weighted by molar-refractivity contribution is 0.0742. The van der Waals surface area contributed by atoms with Crippen molar-refractivity contribution in [1.82, 2.24) is 4.90 Å². The van der Waals surface area contributed by atoms with E-state index in [4.69, 9.17) is 5.73 Å². The Hall–Kier alpha value is -1.55. The molecule has 1 aliphatic carbocycles. The molecule has 1 fully saturated rings. The highest BCUT2D eigenvalue weighted by Crippen LogP contribution is 2.28. The summed E-state index contributed by atoms with van der Waals surface area (Å²) in [6, 6.07) is 6.80. The summed E-state index contributed by atoms with van der Waals surface area (Å²) in [5.41, 5.74) is 6.12. The van der Waals surface area contributed by atoms with Crippen LogP contribution in [0.1, 0.15) is 29.6 Å². The number of aromatic hydroxyl groups is 1. The van der Waals surface area contributed by atoms with Gasteiger partial charge >= 0.3 is 0 Å². The van der Waals surface area contributed by atoms with Crippen molar-refractivity contribution in [1.29, 1.82) is 0 Å². The molecule has 0 bridgehead atoms. The number of carbonyl (C=O) groups excluding carboxylic acids is 1. The molecule has 1 amide bonds. The molecular weight excluding hydrogens is 216 g/mol. The van der Waals surface area contributed by atoms with Crippen LogP contribution in [0.25, 0.3) is 0 Å². The van der Waals surface area contributed by atoms with E-state index < -0.39 is 0 Å². The van der Waals surface area contributed by atoms with Gasteiger partial charge in [-0.15, -0.1) is 0 Å². The van der Waals surface area contributed by atoms with Crippen LogP contribution in [-0.4, -0.2) is 35.0 Å². The van der Waals surface area contributed by atoms with Crippen molar-refractivity contribution in [2.24, 2.45) is 5.73 Å². The van der Waals surface area contributed by atoms with Crippen LogP contribution in [0.2, 0.25) is 0 Å². The van der Waals surface area contributed by atoms with Crippen molar-refractivity contribution in [3.63, 3.8) is 0 Å². The van der Waals surface area contributed by atoms with Crippen molar-refractivity contribution >= 4 is 5.91 Å². The monoisotopic (exact) mass is 234 g/mol. The van der Waals surface area contributed by atoms with Gasteiger partial charge in [0.25, 0.3) is 5.91 Å². The molecule has 3 N–H and O–H groups in total. The molecule has 0 aliphatic heterocycles. The van der Waals surface area contributed by atoms with Crippen LogP contribution >= 0.6 is 0 Å². The quantitative estimate of drug-likeness (QED) is 0.808. The minimum absolute atomic E-state index is 0.0425. The molecule has 4 heteroatoms. The van der Waals surface area contributed by atoms with E-state index in [0.717, 1.165) is 25.8 Å². The van der Waals surface area contributed by atoms with E-state index in [-0.39, 0.29) is 11.7 Å². The molecule has 0 unspecified atom stereocenters. The number of benzene rings is 1. The normalized spacial score (nSPS) is 14.6. The van der Waals surface area contributed by atoms with Crippen LogP contribution in [0.3, 0.4) is 0 Å². The third-order valence-corrected chi connectivity index (χ3v) is 2.97. The molecule has 0 radical (unpaired) electrons. The van der Waals surface area contributed by atoms with E-state index in [0.29, 0.717) is 18.2 Å². The smallest absolute Gasteiger partial charge is 0.254 e. The van der Waals surface area contributed by atoms with Crippen molar-refractivity contribution in [3.05, 3.63) is 29.8 Å². The summed E-state index contributed by atoms with van der Waals surface area (Å²) >= 11 is 0. The summed E-state index contributed by atoms with van der Waals surface area (Å²) in [5, 5.41) is 9.20. The first-order valence-electron chi connectivity index (χ1n) is 6.02. The SMILES string of the molecule is NCCCN(C(=O)c1ccc(O)cc1)C1CC1. The molecule has 1 aromatic rings. The van der Waals surface area contributed by atoms with Gasteiger partial charge in [0, 0.05) is 18.2 Å². The Labute approximate surface area is 101 Å². The zero-order valence-corrected chi connectivity index (χ0v) is 9.80. The summed E-state index contributed by atoms with van der Waals surface area (Å²) in [4.78, 5) is 14.1. The summed E-state index contributed by atoms with van der Waals surface area (Å²) in [6.07, 6.45) is 3.02. The second-order valence-corrected chi connectivity index (χ2v) is 4.42. The summed E-state index contributed by atoms with van der Waals surface area (Å²) < 4.78 is 0. The highest BCUT2D eigenvalue weighted by molar-refractivity contribution is 5.94. The number of amides is 1. The Balaban J connectivity index is 2.07. The lowest BCUT2D eigenvalue weighted by Gasteiger charge is -2.22. The second kappa shape index (κ2) is 5.19. The largest absolute Gasteiger partial charge is 0.508 e. The van der Waals surface area contributed by atoms with Gasteiger partial charge in [-0.3, -0.25) is 4.79 Å². The van der Waals surface area contributed by atoms with E-state index in [2.05, 4.69) is 0 Å². The average Bonchev–Trinajstić information content (AvgIpc) is 3.14. The van der Waals surface area contributed by atoms with Crippen molar-refractivity contribution in [2.75, 3.05) is 13.1 Å². The molecule has 1 aromatic carbocycles. The average molecular weight is 234 g/mol. The van der Waals surface area contributed by atoms with Crippen LogP contribution in [0.5, 0.6) is 5.75 Å². The molecule has 0 atom stereocenters. The Morgan fingerprint density at radius 1 is 1.35 bits per heavy atom. The van der Waals surface area contributed by atoms with Gasteiger partial charge in [-0.2, -0.15) is 0 Å². The third kappa shape index (κ3) is 2.97. The molecular formula is C13H18N2O2. The Morgan fingerprint density at radius 2 is 2.00 bits per heavy atom. The molecule has 17 heavy (non-hydrogen) atoms. The predicted molar refractivity (Wildman–Crippen MR) is 65.8 cm³/mol. The zero-order valence-electron chi connectivity index (χ0n) is 9.80. The number of phenolic OH excluding ortho intramolecular Hbond substituents is 1. The molecule has 92 valence electrons. The van der Waals surface area contributed by atoms with Crippen LogP contribution in [0.15, 0.2) is 24.3 Å². The molecule has 1 saturated carbocycles. The van der Waals surface area contributed by atoms with Gasteiger partial charge in [0.1, 0.15) is 5.75 Å². The number of hydrogen-bond donors (Lipinski definition) is 2. The first kappa shape index (κ1) is 11.9. The fourth-order valence-electron chi connectivity index (χ4n) is 1.87. The maximum atomic E-state index is 12.2. The van der Waals surface area contributed by atoms with Crippen molar-refractivity contribution in [3.8, 4) is 5.75 Å². The standard InChI is InChI=1S/C13H18N2O2/c14-8-1-9-15(11-4-5-11)13(17)10-2-6-12(16)7-3-10/h2-3,6-7,11,16H,1,4-5,8-9,14H2. The fourth-order valence-corrected chi connectivity index (χ4v) is 1.87. The van der Waals surface area contributed by atoms with Crippen LogP contribution < -0.4 is 5.73 Å². The fraction of sp³-hybridized carbons (Fsp3) is 0.462. The van der Waals surface area contributed by atoms with E-state index in [9.17, 15) is 9.90 Å². The minimum atomic E-state index is 0.0425. The van der Waals surface area contributed by atoms with Gasteiger partial charge < -0.3 is 15.7 Å². The van der Waals surface area contributed by atoms with Gasteiger partial charge in [0.2, 0.25) is 0 Å². The van der Waals surface area contributed by atoms with Gasteiger partial charge in [-0.1, -0.05) is 0 Å². The number of carbonyl (C=O) groups is 1.